The molecule has 1 aromatic rings. The first-order valence-corrected chi connectivity index (χ1v) is 6.60. The fraction of sp³-hybridized carbons (Fsp3) is 0.533. The lowest BCUT2D eigenvalue weighted by atomic mass is 9.74. The zero-order valence-corrected chi connectivity index (χ0v) is 11.0. The second-order valence-electron chi connectivity index (χ2n) is 4.64. The van der Waals surface area contributed by atoms with Gasteiger partial charge in [-0.3, -0.25) is 4.79 Å². The standard InChI is InChI=1S/C13H15NO.C2H6/c1-2-14-8-13(9-14)11-6-4-3-5-10(11)7-12(13)15;1-2/h3-6H,2,7-9H2,1H3;1-2H3. The number of nitrogens with zero attached hydrogens (tertiary/aromatic N) is 1. The summed E-state index contributed by atoms with van der Waals surface area (Å²) >= 11 is 0. The van der Waals surface area contributed by atoms with Crippen LogP contribution in [0.2, 0.25) is 0 Å². The average molecular weight is 231 g/mol. The van der Waals surface area contributed by atoms with Gasteiger partial charge < -0.3 is 4.90 Å². The molecule has 0 unspecified atom stereocenters. The lowest BCUT2D eigenvalue weighted by molar-refractivity contribution is -0.128. The molecule has 0 radical (unpaired) electrons. The Kier molecular flexibility index (Phi) is 3.34. The van der Waals surface area contributed by atoms with Gasteiger partial charge in [0.05, 0.1) is 5.41 Å². The summed E-state index contributed by atoms with van der Waals surface area (Å²) in [4.78, 5) is 14.4. The highest BCUT2D eigenvalue weighted by molar-refractivity contribution is 5.98. The van der Waals surface area contributed by atoms with Crippen LogP contribution in [0.1, 0.15) is 31.9 Å². The van der Waals surface area contributed by atoms with Crippen LogP contribution in [0, 0.1) is 0 Å². The van der Waals surface area contributed by atoms with E-state index in [0.29, 0.717) is 12.2 Å². The van der Waals surface area contributed by atoms with Crippen molar-refractivity contribution in [2.75, 3.05) is 19.6 Å². The Labute approximate surface area is 104 Å². The fourth-order valence-corrected chi connectivity index (χ4v) is 2.92. The van der Waals surface area contributed by atoms with E-state index in [9.17, 15) is 4.79 Å². The molecule has 17 heavy (non-hydrogen) atoms. The Morgan fingerprint density at radius 1 is 1.24 bits per heavy atom. The molecule has 1 aromatic carbocycles. The van der Waals surface area contributed by atoms with Crippen LogP contribution in [0.4, 0.5) is 0 Å². The minimum atomic E-state index is -0.132. The Bertz CT molecular complexity index is 419. The highest BCUT2D eigenvalue weighted by Crippen LogP contribution is 2.42. The molecule has 2 aliphatic rings. The van der Waals surface area contributed by atoms with Gasteiger partial charge in [0.15, 0.2) is 0 Å². The lowest BCUT2D eigenvalue weighted by Gasteiger charge is -2.47. The lowest BCUT2D eigenvalue weighted by Crippen LogP contribution is -2.61. The summed E-state index contributed by atoms with van der Waals surface area (Å²) in [6.45, 7) is 9.06. The number of rotatable bonds is 1. The molecular formula is C15H21NO. The number of hydrogen-bond donors (Lipinski definition) is 0. The molecule has 3 rings (SSSR count). The smallest absolute Gasteiger partial charge is 0.150 e. The summed E-state index contributed by atoms with van der Waals surface area (Å²) in [5, 5.41) is 0. The molecule has 0 aromatic heterocycles. The predicted molar refractivity (Wildman–Crippen MR) is 70.3 cm³/mol. The van der Waals surface area contributed by atoms with E-state index in [1.165, 1.54) is 11.1 Å². The third kappa shape index (κ3) is 1.71. The fourth-order valence-electron chi connectivity index (χ4n) is 2.92. The van der Waals surface area contributed by atoms with E-state index in [4.69, 9.17) is 0 Å². The highest BCUT2D eigenvalue weighted by Gasteiger charge is 2.53. The van der Waals surface area contributed by atoms with Gasteiger partial charge >= 0.3 is 0 Å². The van der Waals surface area contributed by atoms with Crippen molar-refractivity contribution in [2.24, 2.45) is 0 Å². The first-order chi connectivity index (χ1) is 8.26. The van der Waals surface area contributed by atoms with Crippen molar-refractivity contribution in [3.05, 3.63) is 35.4 Å². The molecule has 0 amide bonds. The summed E-state index contributed by atoms with van der Waals surface area (Å²) in [7, 11) is 0. The molecule has 2 heteroatoms. The Morgan fingerprint density at radius 3 is 2.53 bits per heavy atom. The molecule has 0 atom stereocenters. The third-order valence-corrected chi connectivity index (χ3v) is 3.85. The molecule has 1 spiro atoms. The van der Waals surface area contributed by atoms with E-state index in [1.807, 2.05) is 26.0 Å². The Hall–Kier alpha value is -1.15. The number of carbonyl (C=O) groups excluding carboxylic acids is 1. The van der Waals surface area contributed by atoms with Crippen molar-refractivity contribution in [2.45, 2.75) is 32.6 Å². The minimum absolute atomic E-state index is 0.132. The van der Waals surface area contributed by atoms with Gasteiger partial charge in [-0.2, -0.15) is 0 Å². The van der Waals surface area contributed by atoms with Gasteiger partial charge in [0.2, 0.25) is 0 Å². The Morgan fingerprint density at radius 2 is 1.88 bits per heavy atom. The monoisotopic (exact) mass is 231 g/mol. The molecule has 2 nitrogen and oxygen atoms in total. The predicted octanol–water partition coefficient (Wildman–Crippen LogP) is 2.41. The van der Waals surface area contributed by atoms with Crippen molar-refractivity contribution < 1.29 is 4.79 Å². The molecule has 1 heterocycles. The highest BCUT2D eigenvalue weighted by atomic mass is 16.1. The molecule has 1 aliphatic carbocycles. The summed E-state index contributed by atoms with van der Waals surface area (Å²) in [6.07, 6.45) is 0.647. The topological polar surface area (TPSA) is 20.3 Å². The van der Waals surface area contributed by atoms with E-state index >= 15 is 0 Å². The SMILES string of the molecule is CC.CCN1CC2(C1)C(=O)Cc1ccccc12. The van der Waals surface area contributed by atoms with Crippen LogP contribution in [0.15, 0.2) is 24.3 Å². The number of carbonyl (C=O) groups is 1. The first kappa shape index (κ1) is 12.3. The van der Waals surface area contributed by atoms with E-state index in [1.54, 1.807) is 0 Å². The van der Waals surface area contributed by atoms with Crippen molar-refractivity contribution in [1.82, 2.24) is 4.90 Å². The number of likely N-dealkylation sites (N-methyl/N-ethyl adjacent to an activating group) is 1. The largest absolute Gasteiger partial charge is 0.301 e. The van der Waals surface area contributed by atoms with Crippen LogP contribution in [-0.2, 0) is 16.6 Å². The van der Waals surface area contributed by atoms with Gasteiger partial charge in [-0.15, -0.1) is 0 Å². The second kappa shape index (κ2) is 4.61. The number of Topliss-reactive ketones (excluding diaryl/α,β-unsaturated/α-hetero) is 1. The van der Waals surface area contributed by atoms with Gasteiger partial charge in [0, 0.05) is 19.5 Å². The number of hydrogen-bond acceptors (Lipinski definition) is 2. The van der Waals surface area contributed by atoms with Crippen LogP contribution in [-0.4, -0.2) is 30.3 Å². The van der Waals surface area contributed by atoms with Crippen LogP contribution >= 0.6 is 0 Å². The van der Waals surface area contributed by atoms with Crippen LogP contribution in [0.5, 0.6) is 0 Å². The van der Waals surface area contributed by atoms with Gasteiger partial charge in [0.25, 0.3) is 0 Å². The molecule has 1 aliphatic heterocycles. The first-order valence-electron chi connectivity index (χ1n) is 6.60. The van der Waals surface area contributed by atoms with Crippen molar-refractivity contribution in [1.29, 1.82) is 0 Å². The van der Waals surface area contributed by atoms with E-state index in [2.05, 4.69) is 24.0 Å². The zero-order valence-electron chi connectivity index (χ0n) is 11.0. The van der Waals surface area contributed by atoms with Crippen molar-refractivity contribution >= 4 is 5.78 Å². The maximum absolute atomic E-state index is 12.1. The molecular weight excluding hydrogens is 210 g/mol. The van der Waals surface area contributed by atoms with Crippen LogP contribution in [0.3, 0.4) is 0 Å². The van der Waals surface area contributed by atoms with E-state index in [0.717, 1.165) is 19.6 Å². The number of ketones is 1. The molecule has 92 valence electrons. The maximum Gasteiger partial charge on any atom is 0.150 e. The average Bonchev–Trinajstić information content (AvgIpc) is 2.62. The quantitative estimate of drug-likeness (QED) is 0.740. The molecule has 1 fully saturated rings. The molecule has 1 saturated heterocycles. The second-order valence-corrected chi connectivity index (χ2v) is 4.64. The summed E-state index contributed by atoms with van der Waals surface area (Å²) in [6, 6.07) is 8.30. The van der Waals surface area contributed by atoms with E-state index < -0.39 is 0 Å². The van der Waals surface area contributed by atoms with Gasteiger partial charge in [0.1, 0.15) is 5.78 Å². The number of benzene rings is 1. The molecule has 0 N–H and O–H groups in total. The van der Waals surface area contributed by atoms with Gasteiger partial charge in [-0.05, 0) is 17.7 Å². The van der Waals surface area contributed by atoms with Gasteiger partial charge in [-0.25, -0.2) is 0 Å². The Balaban J connectivity index is 0.000000514. The normalized spacial score (nSPS) is 20.5. The molecule has 0 saturated carbocycles. The van der Waals surface area contributed by atoms with Crippen molar-refractivity contribution in [3.8, 4) is 0 Å². The summed E-state index contributed by atoms with van der Waals surface area (Å²) in [5.41, 5.74) is 2.41. The third-order valence-electron chi connectivity index (χ3n) is 3.85. The molecule has 0 bridgehead atoms. The number of fused-ring (bicyclic) bond motifs is 2. The summed E-state index contributed by atoms with van der Waals surface area (Å²) in [5.74, 6) is 0.424. The maximum atomic E-state index is 12.1. The van der Waals surface area contributed by atoms with E-state index in [-0.39, 0.29) is 5.41 Å². The van der Waals surface area contributed by atoms with Crippen LogP contribution < -0.4 is 0 Å². The minimum Gasteiger partial charge on any atom is -0.301 e. The van der Waals surface area contributed by atoms with Crippen molar-refractivity contribution in [3.63, 3.8) is 0 Å². The van der Waals surface area contributed by atoms with Crippen LogP contribution in [0.25, 0.3) is 0 Å². The summed E-state index contributed by atoms with van der Waals surface area (Å²) < 4.78 is 0. The van der Waals surface area contributed by atoms with Gasteiger partial charge in [-0.1, -0.05) is 45.0 Å². The zero-order chi connectivity index (χ0) is 12.5. The number of likely N-dealkylation sites (tertiary alicyclic amines) is 1.